The highest BCUT2D eigenvalue weighted by atomic mass is 79.9. The lowest BCUT2D eigenvalue weighted by molar-refractivity contribution is 0.0705. The van der Waals surface area contributed by atoms with Crippen molar-refractivity contribution in [3.05, 3.63) is 46.1 Å². The number of benzene rings is 1. The van der Waals surface area contributed by atoms with Crippen molar-refractivity contribution in [1.82, 2.24) is 15.1 Å². The molecule has 1 aliphatic rings. The molecule has 5 nitrogen and oxygen atoms in total. The fourth-order valence-electron chi connectivity index (χ4n) is 2.78. The first kappa shape index (κ1) is 16.2. The van der Waals surface area contributed by atoms with Crippen molar-refractivity contribution in [3.8, 4) is 0 Å². The van der Waals surface area contributed by atoms with Crippen LogP contribution in [0.15, 0.2) is 33.2 Å². The predicted molar refractivity (Wildman–Crippen MR) is 90.4 cm³/mol. The van der Waals surface area contributed by atoms with E-state index in [0.717, 1.165) is 17.3 Å². The molecule has 23 heavy (non-hydrogen) atoms. The first-order chi connectivity index (χ1) is 11.1. The van der Waals surface area contributed by atoms with E-state index in [0.29, 0.717) is 30.4 Å². The Kier molecular flexibility index (Phi) is 4.80. The molecule has 1 fully saturated rings. The summed E-state index contributed by atoms with van der Waals surface area (Å²) in [6.07, 6.45) is 1.71. The summed E-state index contributed by atoms with van der Waals surface area (Å²) in [5.41, 5.74) is 0.714. The van der Waals surface area contributed by atoms with Crippen molar-refractivity contribution in [3.63, 3.8) is 0 Å². The maximum atomic E-state index is 12.6. The third-order valence-electron chi connectivity index (χ3n) is 4.19. The maximum absolute atomic E-state index is 12.6. The first-order valence-corrected chi connectivity index (χ1v) is 8.72. The lowest BCUT2D eigenvalue weighted by atomic mass is 9.96. The van der Waals surface area contributed by atoms with Gasteiger partial charge in [0.25, 0.3) is 5.91 Å². The molecule has 1 aromatic heterocycles. The molecular formula is C17H20BrN3O2. The topological polar surface area (TPSA) is 59.2 Å². The van der Waals surface area contributed by atoms with Crippen molar-refractivity contribution in [2.24, 2.45) is 0 Å². The number of rotatable bonds is 3. The van der Waals surface area contributed by atoms with E-state index in [-0.39, 0.29) is 17.7 Å². The largest absolute Gasteiger partial charge is 0.425 e. The van der Waals surface area contributed by atoms with Crippen LogP contribution in [0.2, 0.25) is 0 Å². The molecule has 1 amide bonds. The van der Waals surface area contributed by atoms with Gasteiger partial charge in [0.2, 0.25) is 11.8 Å². The van der Waals surface area contributed by atoms with Crippen LogP contribution in [0.5, 0.6) is 0 Å². The zero-order chi connectivity index (χ0) is 16.4. The van der Waals surface area contributed by atoms with Crippen molar-refractivity contribution in [2.75, 3.05) is 13.1 Å². The SMILES string of the molecule is CC(C)c1nnc(C2CCN(C(=O)c3ccccc3Br)CC2)o1. The molecule has 0 spiro atoms. The normalized spacial score (nSPS) is 16.1. The molecule has 1 aromatic carbocycles. The summed E-state index contributed by atoms with van der Waals surface area (Å²) in [6, 6.07) is 7.54. The van der Waals surface area contributed by atoms with Crippen LogP contribution in [-0.2, 0) is 0 Å². The molecule has 0 unspecified atom stereocenters. The van der Waals surface area contributed by atoms with Gasteiger partial charge in [-0.15, -0.1) is 10.2 Å². The molecule has 0 N–H and O–H groups in total. The minimum atomic E-state index is 0.0734. The molecule has 6 heteroatoms. The van der Waals surface area contributed by atoms with Crippen LogP contribution in [0.3, 0.4) is 0 Å². The van der Waals surface area contributed by atoms with Crippen molar-refractivity contribution in [1.29, 1.82) is 0 Å². The molecular weight excluding hydrogens is 358 g/mol. The number of hydrogen-bond donors (Lipinski definition) is 0. The lowest BCUT2D eigenvalue weighted by Crippen LogP contribution is -2.38. The molecule has 122 valence electrons. The molecule has 0 atom stereocenters. The Labute approximate surface area is 144 Å². The van der Waals surface area contributed by atoms with E-state index in [1.807, 2.05) is 43.0 Å². The standard InChI is InChI=1S/C17H20BrN3O2/c1-11(2)15-19-20-16(23-15)12-7-9-21(10-8-12)17(22)13-5-3-4-6-14(13)18/h3-6,11-12H,7-10H2,1-2H3. The van der Waals surface area contributed by atoms with Crippen LogP contribution in [0, 0.1) is 0 Å². The van der Waals surface area contributed by atoms with E-state index in [9.17, 15) is 4.79 Å². The van der Waals surface area contributed by atoms with Gasteiger partial charge in [0.1, 0.15) is 0 Å². The summed E-state index contributed by atoms with van der Waals surface area (Å²) in [7, 11) is 0. The van der Waals surface area contributed by atoms with Gasteiger partial charge in [-0.3, -0.25) is 4.79 Å². The van der Waals surface area contributed by atoms with Gasteiger partial charge in [-0.1, -0.05) is 26.0 Å². The van der Waals surface area contributed by atoms with E-state index in [2.05, 4.69) is 26.1 Å². The van der Waals surface area contributed by atoms with Crippen LogP contribution in [0.25, 0.3) is 0 Å². The third-order valence-corrected chi connectivity index (χ3v) is 4.88. The second-order valence-electron chi connectivity index (χ2n) is 6.18. The number of piperidine rings is 1. The van der Waals surface area contributed by atoms with E-state index < -0.39 is 0 Å². The summed E-state index contributed by atoms with van der Waals surface area (Å²) < 4.78 is 6.59. The number of aromatic nitrogens is 2. The molecule has 3 rings (SSSR count). The zero-order valence-electron chi connectivity index (χ0n) is 13.3. The van der Waals surface area contributed by atoms with E-state index >= 15 is 0 Å². The van der Waals surface area contributed by atoms with Crippen LogP contribution in [0.1, 0.15) is 60.7 Å². The second kappa shape index (κ2) is 6.83. The number of likely N-dealkylation sites (tertiary alicyclic amines) is 1. The molecule has 2 heterocycles. The molecule has 0 saturated carbocycles. The first-order valence-electron chi connectivity index (χ1n) is 7.93. The molecule has 0 bridgehead atoms. The fourth-order valence-corrected chi connectivity index (χ4v) is 3.23. The average Bonchev–Trinajstić information content (AvgIpc) is 3.05. The van der Waals surface area contributed by atoms with E-state index in [1.165, 1.54) is 0 Å². The van der Waals surface area contributed by atoms with Crippen LogP contribution in [-0.4, -0.2) is 34.1 Å². The minimum Gasteiger partial charge on any atom is -0.425 e. The van der Waals surface area contributed by atoms with Crippen LogP contribution in [0.4, 0.5) is 0 Å². The summed E-state index contributed by atoms with van der Waals surface area (Å²) in [5.74, 6) is 1.96. The number of halogens is 1. The van der Waals surface area contributed by atoms with Gasteiger partial charge in [-0.25, -0.2) is 0 Å². The Morgan fingerprint density at radius 3 is 2.57 bits per heavy atom. The molecule has 1 aliphatic heterocycles. The quantitative estimate of drug-likeness (QED) is 0.811. The fraction of sp³-hybridized carbons (Fsp3) is 0.471. The van der Waals surface area contributed by atoms with Gasteiger partial charge in [0.05, 0.1) is 5.56 Å². The maximum Gasteiger partial charge on any atom is 0.254 e. The zero-order valence-corrected chi connectivity index (χ0v) is 14.9. The summed E-state index contributed by atoms with van der Waals surface area (Å²) in [6.45, 7) is 5.50. The summed E-state index contributed by atoms with van der Waals surface area (Å²) in [4.78, 5) is 14.5. The Bertz CT molecular complexity index is 691. The monoisotopic (exact) mass is 377 g/mol. The molecule has 2 aromatic rings. The Balaban J connectivity index is 1.64. The number of hydrogen-bond acceptors (Lipinski definition) is 4. The molecule has 1 saturated heterocycles. The van der Waals surface area contributed by atoms with E-state index in [4.69, 9.17) is 4.42 Å². The summed E-state index contributed by atoms with van der Waals surface area (Å²) >= 11 is 3.45. The third kappa shape index (κ3) is 3.47. The highest BCUT2D eigenvalue weighted by Gasteiger charge is 2.28. The number of carbonyl (C=O) groups is 1. The van der Waals surface area contributed by atoms with Gasteiger partial charge < -0.3 is 9.32 Å². The van der Waals surface area contributed by atoms with E-state index in [1.54, 1.807) is 0 Å². The number of carbonyl (C=O) groups excluding carboxylic acids is 1. The summed E-state index contributed by atoms with van der Waals surface area (Å²) in [5, 5.41) is 8.28. The van der Waals surface area contributed by atoms with Crippen LogP contribution < -0.4 is 0 Å². The van der Waals surface area contributed by atoms with Gasteiger partial charge in [0.15, 0.2) is 0 Å². The van der Waals surface area contributed by atoms with Gasteiger partial charge in [-0.05, 0) is 40.9 Å². The van der Waals surface area contributed by atoms with Gasteiger partial charge >= 0.3 is 0 Å². The Morgan fingerprint density at radius 1 is 1.26 bits per heavy atom. The van der Waals surface area contributed by atoms with Gasteiger partial charge in [0, 0.05) is 29.4 Å². The highest BCUT2D eigenvalue weighted by Crippen LogP contribution is 2.29. The number of amides is 1. The van der Waals surface area contributed by atoms with Crippen molar-refractivity contribution >= 4 is 21.8 Å². The average molecular weight is 378 g/mol. The molecule has 0 radical (unpaired) electrons. The van der Waals surface area contributed by atoms with Crippen molar-refractivity contribution in [2.45, 2.75) is 38.5 Å². The minimum absolute atomic E-state index is 0.0734. The highest BCUT2D eigenvalue weighted by molar-refractivity contribution is 9.10. The Hall–Kier alpha value is -1.69. The smallest absolute Gasteiger partial charge is 0.254 e. The molecule has 0 aliphatic carbocycles. The Morgan fingerprint density at radius 2 is 1.96 bits per heavy atom. The predicted octanol–water partition coefficient (Wildman–Crippen LogP) is 3.98. The second-order valence-corrected chi connectivity index (χ2v) is 7.03. The number of nitrogens with zero attached hydrogens (tertiary/aromatic N) is 3. The lowest BCUT2D eigenvalue weighted by Gasteiger charge is -2.30. The van der Waals surface area contributed by atoms with Gasteiger partial charge in [-0.2, -0.15) is 0 Å². The van der Waals surface area contributed by atoms with Crippen molar-refractivity contribution < 1.29 is 9.21 Å². The van der Waals surface area contributed by atoms with Crippen LogP contribution >= 0.6 is 15.9 Å².